The maximum Gasteiger partial charge on any atom is 0.258 e. The summed E-state index contributed by atoms with van der Waals surface area (Å²) in [6.07, 6.45) is 1.55. The smallest absolute Gasteiger partial charge is 0.258 e. The molecule has 0 bridgehead atoms. The number of carbonyl (C=O) groups excluding carboxylic acids is 1. The molecule has 3 rings (SSSR count). The van der Waals surface area contributed by atoms with E-state index in [1.54, 1.807) is 42.5 Å². The number of hydrogen-bond acceptors (Lipinski definition) is 3. The quantitative estimate of drug-likeness (QED) is 0.839. The van der Waals surface area contributed by atoms with Crippen LogP contribution in [0.1, 0.15) is 15.9 Å². The second kappa shape index (κ2) is 6.42. The molecule has 0 saturated carbocycles. The van der Waals surface area contributed by atoms with E-state index in [1.807, 2.05) is 19.1 Å². The highest BCUT2D eigenvalue weighted by Gasteiger charge is 2.31. The van der Waals surface area contributed by atoms with Crippen molar-refractivity contribution < 1.29 is 13.2 Å². The average molecular weight is 362 g/mol. The molecule has 0 saturated heterocycles. The summed E-state index contributed by atoms with van der Waals surface area (Å²) in [4.78, 5) is 14.5. The molecular weight excluding hydrogens is 346 g/mol. The second-order valence-electron chi connectivity index (χ2n) is 5.74. The number of nitrogens with zero attached hydrogens (tertiary/aromatic N) is 1. The van der Waals surface area contributed by atoms with Gasteiger partial charge in [-0.05, 0) is 49.4 Å². The Morgan fingerprint density at radius 2 is 1.71 bits per heavy atom. The topological polar surface area (TPSA) is 54.5 Å². The first-order valence-electron chi connectivity index (χ1n) is 7.42. The molecular formula is C18H16ClNO3S. The maximum atomic E-state index is 13.0. The van der Waals surface area contributed by atoms with Crippen molar-refractivity contribution in [1.82, 2.24) is 0 Å². The van der Waals surface area contributed by atoms with Gasteiger partial charge in [0.05, 0.1) is 11.8 Å². The highest BCUT2D eigenvalue weighted by Crippen LogP contribution is 2.26. The van der Waals surface area contributed by atoms with E-state index in [1.165, 1.54) is 10.3 Å². The first-order valence-corrected chi connectivity index (χ1v) is 9.52. The number of aryl methyl sites for hydroxylation is 1. The van der Waals surface area contributed by atoms with Gasteiger partial charge in [0.2, 0.25) is 0 Å². The Labute approximate surface area is 146 Å². The Morgan fingerprint density at radius 3 is 2.25 bits per heavy atom. The fourth-order valence-corrected chi connectivity index (χ4v) is 4.01. The third-order valence-electron chi connectivity index (χ3n) is 3.86. The Bertz CT molecular complexity index is 887. The highest BCUT2D eigenvalue weighted by molar-refractivity contribution is 7.94. The summed E-state index contributed by atoms with van der Waals surface area (Å²) in [6.45, 7) is 1.94. The SMILES string of the molecule is Cc1ccc(C(=O)N(c2ccc(Cl)cc2)C2C=CS(=O)(=O)C2)cc1. The van der Waals surface area contributed by atoms with Crippen LogP contribution < -0.4 is 4.90 Å². The normalized spacial score (nSPS) is 18.5. The largest absolute Gasteiger partial charge is 0.300 e. The van der Waals surface area contributed by atoms with E-state index in [9.17, 15) is 13.2 Å². The molecule has 1 atom stereocenters. The average Bonchev–Trinajstić information content (AvgIpc) is 2.90. The van der Waals surface area contributed by atoms with Crippen molar-refractivity contribution in [2.75, 3.05) is 10.7 Å². The van der Waals surface area contributed by atoms with Crippen LogP contribution in [0.15, 0.2) is 60.0 Å². The first-order chi connectivity index (χ1) is 11.4. The highest BCUT2D eigenvalue weighted by atomic mass is 35.5. The third-order valence-corrected chi connectivity index (χ3v) is 5.49. The van der Waals surface area contributed by atoms with E-state index < -0.39 is 15.9 Å². The summed E-state index contributed by atoms with van der Waals surface area (Å²) in [6, 6.07) is 13.5. The van der Waals surface area contributed by atoms with Gasteiger partial charge in [-0.15, -0.1) is 0 Å². The Hall–Kier alpha value is -2.11. The molecule has 2 aromatic carbocycles. The Morgan fingerprint density at radius 1 is 1.08 bits per heavy atom. The lowest BCUT2D eigenvalue weighted by Gasteiger charge is -2.28. The maximum absolute atomic E-state index is 13.0. The van der Waals surface area contributed by atoms with Gasteiger partial charge in [-0.2, -0.15) is 0 Å². The number of carbonyl (C=O) groups is 1. The fraction of sp³-hybridized carbons (Fsp3) is 0.167. The molecule has 1 unspecified atom stereocenters. The molecule has 1 heterocycles. The number of benzene rings is 2. The summed E-state index contributed by atoms with van der Waals surface area (Å²) in [7, 11) is -3.28. The molecule has 124 valence electrons. The van der Waals surface area contributed by atoms with Gasteiger partial charge in [-0.1, -0.05) is 29.3 Å². The van der Waals surface area contributed by atoms with Crippen LogP contribution in [0.5, 0.6) is 0 Å². The zero-order valence-corrected chi connectivity index (χ0v) is 14.6. The van der Waals surface area contributed by atoms with Gasteiger partial charge >= 0.3 is 0 Å². The van der Waals surface area contributed by atoms with E-state index >= 15 is 0 Å². The summed E-state index contributed by atoms with van der Waals surface area (Å²) in [5.41, 5.74) is 2.16. The minimum absolute atomic E-state index is 0.118. The molecule has 0 radical (unpaired) electrons. The van der Waals surface area contributed by atoms with E-state index in [-0.39, 0.29) is 11.7 Å². The van der Waals surface area contributed by atoms with E-state index in [0.29, 0.717) is 16.3 Å². The van der Waals surface area contributed by atoms with Crippen molar-refractivity contribution in [1.29, 1.82) is 0 Å². The Balaban J connectivity index is 2.01. The zero-order valence-electron chi connectivity index (χ0n) is 13.0. The van der Waals surface area contributed by atoms with Crippen LogP contribution >= 0.6 is 11.6 Å². The lowest BCUT2D eigenvalue weighted by molar-refractivity contribution is 0.0983. The van der Waals surface area contributed by atoms with E-state index in [2.05, 4.69) is 0 Å². The van der Waals surface area contributed by atoms with Gasteiger partial charge in [0.25, 0.3) is 5.91 Å². The summed E-state index contributed by atoms with van der Waals surface area (Å²) in [5, 5.41) is 1.72. The molecule has 1 aliphatic heterocycles. The number of sulfone groups is 1. The monoisotopic (exact) mass is 361 g/mol. The molecule has 0 aliphatic carbocycles. The minimum Gasteiger partial charge on any atom is -0.300 e. The summed E-state index contributed by atoms with van der Waals surface area (Å²) >= 11 is 5.92. The van der Waals surface area contributed by atoms with Crippen molar-refractivity contribution in [3.05, 3.63) is 76.2 Å². The predicted octanol–water partition coefficient (Wildman–Crippen LogP) is 3.61. The standard InChI is InChI=1S/C18H16ClNO3S/c1-13-2-4-14(5-3-13)18(21)20(16-8-6-15(19)7-9-16)17-10-11-24(22,23)12-17/h2-11,17H,12H2,1H3. The lowest BCUT2D eigenvalue weighted by Crippen LogP contribution is -2.41. The van der Waals surface area contributed by atoms with Crippen LogP contribution in [-0.2, 0) is 9.84 Å². The zero-order chi connectivity index (χ0) is 17.3. The molecule has 0 N–H and O–H groups in total. The van der Waals surface area contributed by atoms with Crippen molar-refractivity contribution in [3.8, 4) is 0 Å². The second-order valence-corrected chi connectivity index (χ2v) is 8.11. The number of amides is 1. The minimum atomic E-state index is -3.28. The van der Waals surface area contributed by atoms with Crippen molar-refractivity contribution in [2.24, 2.45) is 0 Å². The molecule has 4 nitrogen and oxygen atoms in total. The first kappa shape index (κ1) is 16.7. The molecule has 0 aromatic heterocycles. The summed E-state index contributed by atoms with van der Waals surface area (Å²) in [5.74, 6) is -0.364. The summed E-state index contributed by atoms with van der Waals surface area (Å²) < 4.78 is 23.6. The van der Waals surface area contributed by atoms with Gasteiger partial charge in [0, 0.05) is 21.7 Å². The van der Waals surface area contributed by atoms with E-state index in [4.69, 9.17) is 11.6 Å². The van der Waals surface area contributed by atoms with Gasteiger partial charge in [0.1, 0.15) is 0 Å². The third kappa shape index (κ3) is 3.52. The van der Waals surface area contributed by atoms with Gasteiger partial charge in [0.15, 0.2) is 9.84 Å². The molecule has 1 amide bonds. The Kier molecular flexibility index (Phi) is 4.47. The van der Waals surface area contributed by atoms with Crippen LogP contribution in [0.4, 0.5) is 5.69 Å². The van der Waals surface area contributed by atoms with Gasteiger partial charge < -0.3 is 4.90 Å². The van der Waals surface area contributed by atoms with Crippen LogP contribution in [0, 0.1) is 6.92 Å². The van der Waals surface area contributed by atoms with Crippen molar-refractivity contribution in [3.63, 3.8) is 0 Å². The predicted molar refractivity (Wildman–Crippen MR) is 96.2 cm³/mol. The number of halogens is 1. The van der Waals surface area contributed by atoms with Gasteiger partial charge in [-0.3, -0.25) is 4.79 Å². The fourth-order valence-electron chi connectivity index (χ4n) is 2.62. The number of rotatable bonds is 3. The van der Waals surface area contributed by atoms with E-state index in [0.717, 1.165) is 5.56 Å². The van der Waals surface area contributed by atoms with Crippen LogP contribution in [0.2, 0.25) is 5.02 Å². The molecule has 0 fully saturated rings. The van der Waals surface area contributed by atoms with Crippen molar-refractivity contribution in [2.45, 2.75) is 13.0 Å². The van der Waals surface area contributed by atoms with Crippen molar-refractivity contribution >= 4 is 33.0 Å². The molecule has 1 aliphatic rings. The lowest BCUT2D eigenvalue weighted by atomic mass is 10.1. The van der Waals surface area contributed by atoms with Crippen LogP contribution in [0.25, 0.3) is 0 Å². The number of anilines is 1. The molecule has 6 heteroatoms. The van der Waals surface area contributed by atoms with Crippen LogP contribution in [-0.4, -0.2) is 26.1 Å². The molecule has 2 aromatic rings. The van der Waals surface area contributed by atoms with Gasteiger partial charge in [-0.25, -0.2) is 8.42 Å². The molecule has 0 spiro atoms. The van der Waals surface area contributed by atoms with Crippen LogP contribution in [0.3, 0.4) is 0 Å². The molecule has 24 heavy (non-hydrogen) atoms. The number of hydrogen-bond donors (Lipinski definition) is 0.